The van der Waals surface area contributed by atoms with Crippen molar-refractivity contribution in [2.75, 3.05) is 13.1 Å². The number of fused-ring (bicyclic) bond motifs is 2. The quantitative estimate of drug-likeness (QED) is 0.801. The molecule has 1 aromatic carbocycles. The molecule has 1 aromatic rings. The van der Waals surface area contributed by atoms with Gasteiger partial charge in [-0.1, -0.05) is 12.1 Å². The number of benzene rings is 1. The maximum atomic E-state index is 14.0. The van der Waals surface area contributed by atoms with Crippen molar-refractivity contribution in [3.63, 3.8) is 0 Å². The molecule has 2 aliphatic heterocycles. The largest absolute Gasteiger partial charge is 0.372 e. The van der Waals surface area contributed by atoms with Gasteiger partial charge in [0.2, 0.25) is 0 Å². The molecule has 2 aliphatic rings. The summed E-state index contributed by atoms with van der Waals surface area (Å²) < 4.78 is 19.7. The van der Waals surface area contributed by atoms with Crippen LogP contribution in [0.15, 0.2) is 18.2 Å². The Hall–Kier alpha value is -1.44. The molecular weight excluding hydrogens is 231 g/mol. The Labute approximate surface area is 106 Å². The molecule has 0 N–H and O–H groups in total. The minimum Gasteiger partial charge on any atom is -0.372 e. The van der Waals surface area contributed by atoms with Crippen molar-refractivity contribution in [3.8, 4) is 6.07 Å². The van der Waals surface area contributed by atoms with Crippen LogP contribution in [0.1, 0.15) is 24.0 Å². The number of nitriles is 1. The lowest BCUT2D eigenvalue weighted by atomic mass is 10.1. The smallest absolute Gasteiger partial charge is 0.145 e. The minimum absolute atomic E-state index is 0.128. The molecule has 2 heterocycles. The van der Waals surface area contributed by atoms with Crippen molar-refractivity contribution in [2.24, 2.45) is 0 Å². The number of hydrogen-bond donors (Lipinski definition) is 0. The molecule has 3 nitrogen and oxygen atoms in total. The van der Waals surface area contributed by atoms with Gasteiger partial charge in [0, 0.05) is 25.2 Å². The van der Waals surface area contributed by atoms with Crippen LogP contribution in [-0.4, -0.2) is 30.2 Å². The Morgan fingerprint density at radius 1 is 1.33 bits per heavy atom. The molecule has 2 atom stereocenters. The first-order valence-electron chi connectivity index (χ1n) is 6.31. The van der Waals surface area contributed by atoms with Crippen LogP contribution in [0.4, 0.5) is 4.39 Å². The van der Waals surface area contributed by atoms with Gasteiger partial charge >= 0.3 is 0 Å². The molecular formula is C14H15FN2O. The highest BCUT2D eigenvalue weighted by atomic mass is 19.1. The summed E-state index contributed by atoms with van der Waals surface area (Å²) >= 11 is 0. The average molecular weight is 246 g/mol. The summed E-state index contributed by atoms with van der Waals surface area (Å²) in [6.07, 6.45) is 2.85. The number of rotatable bonds is 2. The third-order valence-corrected chi connectivity index (χ3v) is 3.71. The zero-order chi connectivity index (χ0) is 12.5. The number of nitrogens with zero attached hydrogens (tertiary/aromatic N) is 2. The SMILES string of the molecule is N#Cc1cccc(CN2CC3CCC(C2)O3)c1F. The van der Waals surface area contributed by atoms with Crippen LogP contribution in [0, 0.1) is 17.1 Å². The first kappa shape index (κ1) is 11.6. The summed E-state index contributed by atoms with van der Waals surface area (Å²) in [4.78, 5) is 2.23. The lowest BCUT2D eigenvalue weighted by Gasteiger charge is -2.32. The first-order chi connectivity index (χ1) is 8.76. The molecule has 2 fully saturated rings. The van der Waals surface area contributed by atoms with Crippen LogP contribution >= 0.6 is 0 Å². The van der Waals surface area contributed by atoms with E-state index in [1.165, 1.54) is 6.07 Å². The van der Waals surface area contributed by atoms with Crippen LogP contribution in [0.3, 0.4) is 0 Å². The summed E-state index contributed by atoms with van der Waals surface area (Å²) in [5.74, 6) is -0.376. The molecule has 2 saturated heterocycles. The molecule has 0 amide bonds. The number of hydrogen-bond acceptors (Lipinski definition) is 3. The van der Waals surface area contributed by atoms with E-state index < -0.39 is 0 Å². The standard InChI is InChI=1S/C14H15FN2O/c15-14-10(6-16)2-1-3-11(14)7-17-8-12-4-5-13(9-17)18-12/h1-3,12-13H,4-5,7-9H2. The van der Waals surface area contributed by atoms with E-state index in [1.807, 2.05) is 6.07 Å². The second-order valence-electron chi connectivity index (χ2n) is 5.04. The number of morpholine rings is 1. The molecule has 0 aliphatic carbocycles. The van der Waals surface area contributed by atoms with Gasteiger partial charge < -0.3 is 4.74 Å². The lowest BCUT2D eigenvalue weighted by Crippen LogP contribution is -2.42. The maximum Gasteiger partial charge on any atom is 0.145 e. The van der Waals surface area contributed by atoms with Gasteiger partial charge in [0.05, 0.1) is 17.8 Å². The van der Waals surface area contributed by atoms with Gasteiger partial charge in [0.1, 0.15) is 11.9 Å². The number of ether oxygens (including phenoxy) is 1. The molecule has 0 aromatic heterocycles. The van der Waals surface area contributed by atoms with E-state index in [-0.39, 0.29) is 11.4 Å². The molecule has 0 radical (unpaired) electrons. The van der Waals surface area contributed by atoms with Crippen LogP contribution < -0.4 is 0 Å². The van der Waals surface area contributed by atoms with E-state index >= 15 is 0 Å². The Balaban J connectivity index is 1.75. The fraction of sp³-hybridized carbons (Fsp3) is 0.500. The van der Waals surface area contributed by atoms with Crippen molar-refractivity contribution >= 4 is 0 Å². The lowest BCUT2D eigenvalue weighted by molar-refractivity contribution is -0.0413. The molecule has 18 heavy (non-hydrogen) atoms. The van der Waals surface area contributed by atoms with E-state index in [2.05, 4.69) is 4.90 Å². The summed E-state index contributed by atoms with van der Waals surface area (Å²) in [5.41, 5.74) is 0.735. The Morgan fingerprint density at radius 2 is 2.06 bits per heavy atom. The molecule has 94 valence electrons. The number of likely N-dealkylation sites (tertiary alicyclic amines) is 1. The molecule has 4 heteroatoms. The van der Waals surface area contributed by atoms with E-state index in [0.717, 1.165) is 25.9 Å². The third kappa shape index (κ3) is 2.12. The van der Waals surface area contributed by atoms with Gasteiger partial charge in [-0.3, -0.25) is 4.90 Å². The predicted octanol–water partition coefficient (Wildman–Crippen LogP) is 2.06. The number of halogens is 1. The zero-order valence-electron chi connectivity index (χ0n) is 10.1. The summed E-state index contributed by atoms with van der Waals surface area (Å²) in [6.45, 7) is 2.30. The van der Waals surface area contributed by atoms with E-state index in [9.17, 15) is 4.39 Å². The Kier molecular flexibility index (Phi) is 3.02. The molecule has 2 bridgehead atoms. The van der Waals surface area contributed by atoms with Crippen LogP contribution in [0.25, 0.3) is 0 Å². The van der Waals surface area contributed by atoms with Crippen molar-refractivity contribution < 1.29 is 9.13 Å². The molecule has 2 unspecified atom stereocenters. The normalized spacial score (nSPS) is 27.1. The van der Waals surface area contributed by atoms with E-state index in [0.29, 0.717) is 24.3 Å². The van der Waals surface area contributed by atoms with Crippen molar-refractivity contribution in [2.45, 2.75) is 31.6 Å². The van der Waals surface area contributed by atoms with Crippen molar-refractivity contribution in [1.82, 2.24) is 4.90 Å². The Bertz CT molecular complexity index is 485. The fourth-order valence-corrected chi connectivity index (χ4v) is 2.86. The van der Waals surface area contributed by atoms with Crippen molar-refractivity contribution in [1.29, 1.82) is 5.26 Å². The topological polar surface area (TPSA) is 36.3 Å². The Morgan fingerprint density at radius 3 is 2.72 bits per heavy atom. The summed E-state index contributed by atoms with van der Waals surface area (Å²) in [5, 5.41) is 8.82. The van der Waals surface area contributed by atoms with Crippen molar-refractivity contribution in [3.05, 3.63) is 35.1 Å². The summed E-state index contributed by atoms with van der Waals surface area (Å²) in [7, 11) is 0. The second kappa shape index (κ2) is 4.68. The fourth-order valence-electron chi connectivity index (χ4n) is 2.86. The van der Waals surface area contributed by atoms with Crippen LogP contribution in [0.2, 0.25) is 0 Å². The van der Waals surface area contributed by atoms with Gasteiger partial charge in [0.15, 0.2) is 0 Å². The first-order valence-corrected chi connectivity index (χ1v) is 6.31. The highest BCUT2D eigenvalue weighted by Crippen LogP contribution is 2.27. The maximum absolute atomic E-state index is 14.0. The van der Waals surface area contributed by atoms with Gasteiger partial charge in [0.25, 0.3) is 0 Å². The molecule has 3 rings (SSSR count). The van der Waals surface area contributed by atoms with Crippen LogP contribution in [0.5, 0.6) is 0 Å². The summed E-state index contributed by atoms with van der Waals surface area (Å²) in [6, 6.07) is 6.90. The monoisotopic (exact) mass is 246 g/mol. The highest BCUT2D eigenvalue weighted by Gasteiger charge is 2.33. The zero-order valence-corrected chi connectivity index (χ0v) is 10.1. The second-order valence-corrected chi connectivity index (χ2v) is 5.04. The van der Waals surface area contributed by atoms with E-state index in [1.54, 1.807) is 12.1 Å². The highest BCUT2D eigenvalue weighted by molar-refractivity contribution is 5.34. The van der Waals surface area contributed by atoms with E-state index in [4.69, 9.17) is 10.00 Å². The predicted molar refractivity (Wildman–Crippen MR) is 64.3 cm³/mol. The van der Waals surface area contributed by atoms with Crippen LogP contribution in [-0.2, 0) is 11.3 Å². The van der Waals surface area contributed by atoms with Gasteiger partial charge in [-0.15, -0.1) is 0 Å². The molecule has 0 spiro atoms. The average Bonchev–Trinajstić information content (AvgIpc) is 2.71. The molecule has 0 saturated carbocycles. The van der Waals surface area contributed by atoms with Gasteiger partial charge in [-0.05, 0) is 18.9 Å². The minimum atomic E-state index is -0.376. The van der Waals surface area contributed by atoms with Gasteiger partial charge in [-0.25, -0.2) is 4.39 Å². The van der Waals surface area contributed by atoms with Gasteiger partial charge in [-0.2, -0.15) is 5.26 Å². The third-order valence-electron chi connectivity index (χ3n) is 3.71.